The number of halogens is 2. The van der Waals surface area contributed by atoms with Crippen molar-refractivity contribution in [3.63, 3.8) is 0 Å². The second kappa shape index (κ2) is 8.03. The quantitative estimate of drug-likeness (QED) is 0.377. The van der Waals surface area contributed by atoms with Crippen molar-refractivity contribution in [2.75, 3.05) is 18.2 Å². The predicted molar refractivity (Wildman–Crippen MR) is 116 cm³/mol. The zero-order chi connectivity index (χ0) is 22.3. The molecule has 0 saturated carbocycles. The smallest absolute Gasteiger partial charge is 0.278 e. The lowest BCUT2D eigenvalue weighted by atomic mass is 10.2. The van der Waals surface area contributed by atoms with Crippen molar-refractivity contribution in [2.45, 2.75) is 5.16 Å². The normalized spacial score (nSPS) is 11.3. The molecule has 10 heteroatoms. The SMILES string of the molecule is COc1ccc2c(c1)c1nc(SCC(=O)Nc3ccc(F)c(F)c3)n(C)c(=O)c1n2C. The number of carbonyl (C=O) groups excluding carboxylic acids is 1. The van der Waals surface area contributed by atoms with Crippen LogP contribution in [0.5, 0.6) is 5.75 Å². The summed E-state index contributed by atoms with van der Waals surface area (Å²) in [7, 11) is 4.94. The number of aromatic nitrogens is 3. The van der Waals surface area contributed by atoms with Crippen molar-refractivity contribution >= 4 is 45.3 Å². The summed E-state index contributed by atoms with van der Waals surface area (Å²) < 4.78 is 34.8. The number of nitrogens with one attached hydrogen (secondary N) is 1. The molecule has 2 heterocycles. The van der Waals surface area contributed by atoms with Gasteiger partial charge in [0.1, 0.15) is 16.8 Å². The number of anilines is 1. The Labute approximate surface area is 179 Å². The monoisotopic (exact) mass is 444 g/mol. The molecule has 2 aromatic heterocycles. The number of ether oxygens (including phenoxy) is 1. The average Bonchev–Trinajstić information content (AvgIpc) is 3.03. The molecule has 2 aromatic carbocycles. The van der Waals surface area contributed by atoms with Crippen LogP contribution in [0.25, 0.3) is 21.9 Å². The number of hydrogen-bond donors (Lipinski definition) is 1. The van der Waals surface area contributed by atoms with Crippen molar-refractivity contribution < 1.29 is 18.3 Å². The van der Waals surface area contributed by atoms with Gasteiger partial charge in [-0.15, -0.1) is 0 Å². The summed E-state index contributed by atoms with van der Waals surface area (Å²) in [6.45, 7) is 0. The molecule has 160 valence electrons. The van der Waals surface area contributed by atoms with Crippen molar-refractivity contribution in [3.8, 4) is 5.75 Å². The van der Waals surface area contributed by atoms with Crippen LogP contribution in [-0.2, 0) is 18.9 Å². The maximum atomic E-state index is 13.3. The molecule has 0 bridgehead atoms. The van der Waals surface area contributed by atoms with Crippen LogP contribution in [0.4, 0.5) is 14.5 Å². The maximum absolute atomic E-state index is 13.3. The Morgan fingerprint density at radius 2 is 1.90 bits per heavy atom. The molecule has 7 nitrogen and oxygen atoms in total. The Morgan fingerprint density at radius 1 is 1.13 bits per heavy atom. The molecule has 0 spiro atoms. The molecule has 1 amide bonds. The topological polar surface area (TPSA) is 78.2 Å². The van der Waals surface area contributed by atoms with E-state index in [1.54, 1.807) is 25.8 Å². The highest BCUT2D eigenvalue weighted by Crippen LogP contribution is 2.29. The summed E-state index contributed by atoms with van der Waals surface area (Å²) in [6.07, 6.45) is 0. The number of amides is 1. The van der Waals surface area contributed by atoms with Gasteiger partial charge in [0, 0.05) is 31.2 Å². The predicted octanol–water partition coefficient (Wildman–Crippen LogP) is 3.44. The number of thioether (sulfide) groups is 1. The number of rotatable bonds is 5. The van der Waals surface area contributed by atoms with E-state index in [0.29, 0.717) is 21.9 Å². The van der Waals surface area contributed by atoms with Gasteiger partial charge in [0.2, 0.25) is 5.91 Å². The third kappa shape index (κ3) is 3.74. The number of aryl methyl sites for hydroxylation is 1. The number of nitrogens with zero attached hydrogens (tertiary/aromatic N) is 3. The fourth-order valence-corrected chi connectivity index (χ4v) is 4.10. The lowest BCUT2D eigenvalue weighted by Crippen LogP contribution is -2.22. The summed E-state index contributed by atoms with van der Waals surface area (Å²) in [5.74, 6) is -1.91. The van der Waals surface area contributed by atoms with Crippen LogP contribution in [-0.4, -0.2) is 32.9 Å². The molecule has 4 rings (SSSR count). The molecular formula is C21H18F2N4O3S. The highest BCUT2D eigenvalue weighted by atomic mass is 32.2. The molecule has 0 aliphatic rings. The first-order valence-electron chi connectivity index (χ1n) is 9.21. The average molecular weight is 444 g/mol. The molecule has 4 aromatic rings. The van der Waals surface area contributed by atoms with Crippen molar-refractivity contribution in [1.29, 1.82) is 0 Å². The van der Waals surface area contributed by atoms with Crippen LogP contribution in [0.15, 0.2) is 46.3 Å². The summed E-state index contributed by atoms with van der Waals surface area (Å²) in [5, 5.41) is 3.62. The first-order valence-corrected chi connectivity index (χ1v) is 10.2. The highest BCUT2D eigenvalue weighted by Gasteiger charge is 2.18. The molecule has 0 aliphatic heterocycles. The van der Waals surface area contributed by atoms with Crippen molar-refractivity contribution in [1.82, 2.24) is 14.1 Å². The van der Waals surface area contributed by atoms with E-state index < -0.39 is 17.5 Å². The van der Waals surface area contributed by atoms with E-state index in [9.17, 15) is 18.4 Å². The van der Waals surface area contributed by atoms with E-state index in [4.69, 9.17) is 4.74 Å². The van der Waals surface area contributed by atoms with Crippen LogP contribution in [0.2, 0.25) is 0 Å². The number of benzene rings is 2. The number of carbonyl (C=O) groups is 1. The minimum atomic E-state index is -1.05. The molecule has 1 N–H and O–H groups in total. The van der Waals surface area contributed by atoms with Crippen molar-refractivity contribution in [2.24, 2.45) is 14.1 Å². The zero-order valence-corrected chi connectivity index (χ0v) is 17.7. The van der Waals surface area contributed by atoms with Gasteiger partial charge < -0.3 is 14.6 Å². The Morgan fingerprint density at radius 3 is 2.61 bits per heavy atom. The minimum absolute atomic E-state index is 0.0706. The Balaban J connectivity index is 1.65. The standard InChI is InChI=1S/C21H18F2N4O3S/c1-26-16-7-5-12(30-3)9-13(16)18-19(26)20(29)27(2)21(25-18)31-10-17(28)24-11-4-6-14(22)15(23)8-11/h4-9H,10H2,1-3H3,(H,24,28). The van der Waals surface area contributed by atoms with Crippen LogP contribution >= 0.6 is 11.8 Å². The maximum Gasteiger partial charge on any atom is 0.278 e. The third-order valence-corrected chi connectivity index (χ3v) is 5.95. The first kappa shape index (κ1) is 20.9. The molecule has 0 radical (unpaired) electrons. The molecule has 0 unspecified atom stereocenters. The first-order chi connectivity index (χ1) is 14.8. The van der Waals surface area contributed by atoms with Gasteiger partial charge >= 0.3 is 0 Å². The van der Waals surface area contributed by atoms with E-state index in [2.05, 4.69) is 10.3 Å². The van der Waals surface area contributed by atoms with Gasteiger partial charge in [0.25, 0.3) is 5.56 Å². The number of methoxy groups -OCH3 is 1. The Hall–Kier alpha value is -3.40. The van der Waals surface area contributed by atoms with Gasteiger partial charge in [-0.1, -0.05) is 11.8 Å². The zero-order valence-electron chi connectivity index (χ0n) is 16.9. The number of hydrogen-bond acceptors (Lipinski definition) is 5. The van der Waals surface area contributed by atoms with E-state index >= 15 is 0 Å². The van der Waals surface area contributed by atoms with Gasteiger partial charge in [-0.05, 0) is 30.3 Å². The minimum Gasteiger partial charge on any atom is -0.497 e. The second-order valence-corrected chi connectivity index (χ2v) is 7.81. The largest absolute Gasteiger partial charge is 0.497 e. The molecule has 0 atom stereocenters. The van der Waals surface area contributed by atoms with E-state index in [1.807, 2.05) is 18.2 Å². The van der Waals surface area contributed by atoms with Gasteiger partial charge in [-0.25, -0.2) is 13.8 Å². The van der Waals surface area contributed by atoms with Gasteiger partial charge in [-0.2, -0.15) is 0 Å². The summed E-state index contributed by atoms with van der Waals surface area (Å²) in [6, 6.07) is 8.59. The molecular weight excluding hydrogens is 426 g/mol. The van der Waals surface area contributed by atoms with Gasteiger partial charge in [-0.3, -0.25) is 14.2 Å². The van der Waals surface area contributed by atoms with E-state index in [0.717, 1.165) is 34.8 Å². The molecule has 0 saturated heterocycles. The molecule has 0 aliphatic carbocycles. The third-order valence-electron chi connectivity index (χ3n) is 4.92. The van der Waals surface area contributed by atoms with E-state index in [1.165, 1.54) is 10.6 Å². The lowest BCUT2D eigenvalue weighted by Gasteiger charge is -2.09. The Kier molecular flexibility index (Phi) is 5.40. The molecule has 31 heavy (non-hydrogen) atoms. The summed E-state index contributed by atoms with van der Waals surface area (Å²) in [5.41, 5.74) is 1.69. The second-order valence-electron chi connectivity index (χ2n) is 6.86. The van der Waals surface area contributed by atoms with Crippen LogP contribution in [0.1, 0.15) is 0 Å². The van der Waals surface area contributed by atoms with E-state index in [-0.39, 0.29) is 17.0 Å². The summed E-state index contributed by atoms with van der Waals surface area (Å²) in [4.78, 5) is 29.9. The Bertz CT molecular complexity index is 1400. The van der Waals surface area contributed by atoms with Crippen LogP contribution in [0.3, 0.4) is 0 Å². The van der Waals surface area contributed by atoms with Crippen LogP contribution in [0, 0.1) is 11.6 Å². The highest BCUT2D eigenvalue weighted by molar-refractivity contribution is 7.99. The van der Waals surface area contributed by atoms with Gasteiger partial charge in [0.05, 0.1) is 18.4 Å². The number of fused-ring (bicyclic) bond motifs is 3. The fourth-order valence-electron chi connectivity index (χ4n) is 3.34. The fraction of sp³-hybridized carbons (Fsp3) is 0.190. The lowest BCUT2D eigenvalue weighted by molar-refractivity contribution is -0.113. The molecule has 0 fully saturated rings. The van der Waals surface area contributed by atoms with Crippen molar-refractivity contribution in [3.05, 3.63) is 58.4 Å². The van der Waals surface area contributed by atoms with Gasteiger partial charge in [0.15, 0.2) is 16.8 Å². The van der Waals surface area contributed by atoms with Crippen LogP contribution < -0.4 is 15.6 Å². The summed E-state index contributed by atoms with van der Waals surface area (Å²) >= 11 is 1.07.